The Balaban J connectivity index is 0.000000264. The molecule has 2 aromatic heterocycles. The first-order valence-corrected chi connectivity index (χ1v) is 15.0. The van der Waals surface area contributed by atoms with Crippen LogP contribution < -0.4 is 0 Å². The van der Waals surface area contributed by atoms with Gasteiger partial charge in [0, 0.05) is 45.8 Å². The van der Waals surface area contributed by atoms with Crippen molar-refractivity contribution in [2.45, 2.75) is 60.2 Å². The van der Waals surface area contributed by atoms with Gasteiger partial charge in [-0.2, -0.15) is 10.2 Å². The van der Waals surface area contributed by atoms with Crippen molar-refractivity contribution in [2.75, 3.05) is 0 Å². The van der Waals surface area contributed by atoms with Crippen LogP contribution in [0.3, 0.4) is 0 Å². The van der Waals surface area contributed by atoms with Crippen LogP contribution in [0, 0.1) is 33.8 Å². The molecule has 0 spiro atoms. The molecule has 10 heteroatoms. The zero-order valence-electron chi connectivity index (χ0n) is 27.4. The number of aliphatic hydroxyl groups is 2. The number of para-hydroxylation sites is 2. The van der Waals surface area contributed by atoms with Gasteiger partial charge < -0.3 is 10.2 Å². The SMILES string of the molecule is CC(O)CC(C)O.Cc1nc(-c2[c-]cccc2)n(-c2ccccc2C)n1.Cc1nc(-c2ccccc2)n(-c2ccccc2C)n1.[Ir].[Ir]. The summed E-state index contributed by atoms with van der Waals surface area (Å²) in [6.07, 6.45) is -0.278. The summed E-state index contributed by atoms with van der Waals surface area (Å²) >= 11 is 0. The smallest absolute Gasteiger partial charge is 0.163 e. The Morgan fingerprint density at radius 3 is 1.49 bits per heavy atom. The first-order valence-electron chi connectivity index (χ1n) is 15.0. The van der Waals surface area contributed by atoms with Crippen LogP contribution in [0.5, 0.6) is 0 Å². The average Bonchev–Trinajstić information content (AvgIpc) is 3.61. The molecule has 47 heavy (non-hydrogen) atoms. The zero-order chi connectivity index (χ0) is 32.3. The Bertz CT molecular complexity index is 1660. The maximum atomic E-state index is 8.56. The summed E-state index contributed by atoms with van der Waals surface area (Å²) in [4.78, 5) is 9.07. The van der Waals surface area contributed by atoms with Crippen molar-refractivity contribution in [3.05, 3.63) is 132 Å². The van der Waals surface area contributed by atoms with Crippen LogP contribution in [0.15, 0.2) is 103 Å². The van der Waals surface area contributed by atoms with Crippen LogP contribution >= 0.6 is 0 Å². The molecule has 2 radical (unpaired) electrons. The fourth-order valence-electron chi connectivity index (χ4n) is 4.74. The summed E-state index contributed by atoms with van der Waals surface area (Å²) in [6.45, 7) is 11.3. The summed E-state index contributed by atoms with van der Waals surface area (Å²) in [6, 6.07) is 37.5. The monoisotopic (exact) mass is 987 g/mol. The number of benzene rings is 4. The van der Waals surface area contributed by atoms with E-state index in [4.69, 9.17) is 10.2 Å². The van der Waals surface area contributed by atoms with E-state index >= 15 is 0 Å². The summed E-state index contributed by atoms with van der Waals surface area (Å²) in [5.41, 5.74) is 6.50. The summed E-state index contributed by atoms with van der Waals surface area (Å²) in [5, 5.41) is 26.2. The number of hydrogen-bond donors (Lipinski definition) is 2. The van der Waals surface area contributed by atoms with Crippen molar-refractivity contribution in [3.63, 3.8) is 0 Å². The fourth-order valence-corrected chi connectivity index (χ4v) is 4.74. The molecule has 2 unspecified atom stereocenters. The molecule has 0 bridgehead atoms. The molecule has 8 nitrogen and oxygen atoms in total. The molecule has 0 saturated carbocycles. The normalized spacial score (nSPS) is 11.4. The van der Waals surface area contributed by atoms with Gasteiger partial charge in [-0.25, -0.2) is 9.67 Å². The Morgan fingerprint density at radius 1 is 0.596 bits per heavy atom. The van der Waals surface area contributed by atoms with Crippen molar-refractivity contribution >= 4 is 0 Å². The van der Waals surface area contributed by atoms with Gasteiger partial charge in [-0.05, 0) is 71.2 Å². The molecule has 0 aliphatic carbocycles. The molecule has 250 valence electrons. The van der Waals surface area contributed by atoms with E-state index in [0.717, 1.165) is 45.8 Å². The first-order chi connectivity index (χ1) is 21.6. The van der Waals surface area contributed by atoms with Crippen LogP contribution in [0.2, 0.25) is 0 Å². The van der Waals surface area contributed by atoms with Gasteiger partial charge in [0.25, 0.3) is 0 Å². The van der Waals surface area contributed by atoms with Crippen molar-refractivity contribution in [3.8, 4) is 34.2 Å². The quantitative estimate of drug-likeness (QED) is 0.174. The molecule has 6 aromatic rings. The zero-order valence-corrected chi connectivity index (χ0v) is 32.2. The van der Waals surface area contributed by atoms with E-state index in [1.807, 2.05) is 89.9 Å². The maximum absolute atomic E-state index is 8.56. The number of aryl methyl sites for hydroxylation is 4. The summed E-state index contributed by atoms with van der Waals surface area (Å²) in [5.74, 6) is 3.25. The number of rotatable bonds is 6. The second-order valence-electron chi connectivity index (χ2n) is 10.9. The van der Waals surface area contributed by atoms with Crippen LogP contribution in [0.25, 0.3) is 34.2 Å². The third kappa shape index (κ3) is 11.2. The number of aliphatic hydroxyl groups excluding tert-OH is 2. The molecule has 0 amide bonds. The van der Waals surface area contributed by atoms with E-state index in [1.165, 1.54) is 11.1 Å². The molecular weight excluding hydrogens is 945 g/mol. The molecule has 2 heterocycles. The third-order valence-electron chi connectivity index (χ3n) is 6.78. The molecule has 0 aliphatic rings. The topological polar surface area (TPSA) is 102 Å². The number of aromatic nitrogens is 6. The molecule has 2 N–H and O–H groups in total. The van der Waals surface area contributed by atoms with E-state index in [9.17, 15) is 0 Å². The van der Waals surface area contributed by atoms with Gasteiger partial charge >= 0.3 is 0 Å². The molecule has 0 aliphatic heterocycles. The van der Waals surface area contributed by atoms with E-state index in [0.29, 0.717) is 6.42 Å². The standard InChI is InChI=1S/C16H15N3.C16H14N3.C5H12O2.2Ir/c2*1-12-8-6-7-11-15(12)19-16(17-13(2)18-19)14-9-4-3-5-10-14;1-4(6)3-5(2)7;;/h3-11H,1-2H3;3-9,11H,1-2H3;4-7H,3H2,1-2H3;;/q;-1;;;. The molecule has 0 fully saturated rings. The minimum absolute atomic E-state index is 0. The van der Waals surface area contributed by atoms with Crippen LogP contribution in [0.4, 0.5) is 0 Å². The largest absolute Gasteiger partial charge is 0.393 e. The molecule has 0 saturated heterocycles. The van der Waals surface area contributed by atoms with Gasteiger partial charge in [0.15, 0.2) is 5.82 Å². The Hall–Kier alpha value is -3.62. The van der Waals surface area contributed by atoms with Gasteiger partial charge in [0.1, 0.15) is 11.6 Å². The fraction of sp³-hybridized carbons (Fsp3) is 0.243. The minimum Gasteiger partial charge on any atom is -0.393 e. The van der Waals surface area contributed by atoms with E-state index < -0.39 is 0 Å². The van der Waals surface area contributed by atoms with Crippen molar-refractivity contribution in [1.29, 1.82) is 0 Å². The Morgan fingerprint density at radius 2 is 1.04 bits per heavy atom. The van der Waals surface area contributed by atoms with Crippen molar-refractivity contribution in [1.82, 2.24) is 29.5 Å². The van der Waals surface area contributed by atoms with E-state index in [-0.39, 0.29) is 52.4 Å². The van der Waals surface area contributed by atoms with Gasteiger partial charge in [-0.15, -0.1) is 35.9 Å². The maximum Gasteiger partial charge on any atom is 0.163 e. The second-order valence-corrected chi connectivity index (χ2v) is 10.9. The summed E-state index contributed by atoms with van der Waals surface area (Å²) in [7, 11) is 0. The molecule has 4 aromatic carbocycles. The van der Waals surface area contributed by atoms with Crippen LogP contribution in [0.1, 0.15) is 43.0 Å². The van der Waals surface area contributed by atoms with Gasteiger partial charge in [0.2, 0.25) is 0 Å². The predicted molar refractivity (Wildman–Crippen MR) is 179 cm³/mol. The average molecular weight is 986 g/mol. The van der Waals surface area contributed by atoms with E-state index in [2.05, 4.69) is 76.5 Å². The van der Waals surface area contributed by atoms with Crippen LogP contribution in [-0.2, 0) is 40.2 Å². The Kier molecular flexibility index (Phi) is 16.2. The number of hydrogen-bond acceptors (Lipinski definition) is 6. The molecule has 2 atom stereocenters. The summed E-state index contributed by atoms with van der Waals surface area (Å²) < 4.78 is 3.80. The third-order valence-corrected chi connectivity index (χ3v) is 6.78. The predicted octanol–water partition coefficient (Wildman–Crippen LogP) is 7.04. The minimum atomic E-state index is -0.375. The van der Waals surface area contributed by atoms with Crippen LogP contribution in [-0.4, -0.2) is 51.9 Å². The molecular formula is C37H41Ir2N6O2-. The van der Waals surface area contributed by atoms with Crippen molar-refractivity contribution in [2.24, 2.45) is 0 Å². The van der Waals surface area contributed by atoms with Gasteiger partial charge in [-0.1, -0.05) is 66.7 Å². The molecule has 6 rings (SSSR count). The Labute approximate surface area is 304 Å². The van der Waals surface area contributed by atoms with Crippen molar-refractivity contribution < 1.29 is 50.4 Å². The number of nitrogens with zero attached hydrogens (tertiary/aromatic N) is 6. The second kappa shape index (κ2) is 19.3. The van der Waals surface area contributed by atoms with Gasteiger partial charge in [-0.3, -0.25) is 9.67 Å². The van der Waals surface area contributed by atoms with Gasteiger partial charge in [0.05, 0.1) is 29.4 Å². The first kappa shape index (κ1) is 39.6. The van der Waals surface area contributed by atoms with E-state index in [1.54, 1.807) is 13.8 Å².